The number of aliphatic hydroxyl groups is 1. The van der Waals surface area contributed by atoms with Crippen molar-refractivity contribution in [3.8, 4) is 0 Å². The molecule has 2 aromatic heterocycles. The summed E-state index contributed by atoms with van der Waals surface area (Å²) in [4.78, 5) is 16.5. The number of imidazole rings is 1. The molecule has 3 N–H and O–H groups in total. The van der Waals surface area contributed by atoms with Gasteiger partial charge in [0, 0.05) is 31.9 Å². The molecule has 136 valence electrons. The van der Waals surface area contributed by atoms with Gasteiger partial charge in [-0.2, -0.15) is 0 Å². The number of hydrogen-bond acceptors (Lipinski definition) is 3. The van der Waals surface area contributed by atoms with Crippen LogP contribution < -0.4 is 10.6 Å². The molecular weight excluding hydrogens is 316 g/mol. The van der Waals surface area contributed by atoms with E-state index in [0.717, 1.165) is 24.2 Å². The summed E-state index contributed by atoms with van der Waals surface area (Å²) in [5.41, 5.74) is 1.02. The molecule has 1 saturated carbocycles. The van der Waals surface area contributed by atoms with Crippen LogP contribution in [0.2, 0.25) is 0 Å². The minimum atomic E-state index is -0.834. The molecule has 1 fully saturated rings. The van der Waals surface area contributed by atoms with Crippen molar-refractivity contribution in [2.75, 3.05) is 13.1 Å². The maximum absolute atomic E-state index is 12.0. The smallest absolute Gasteiger partial charge is 0.314 e. The highest BCUT2D eigenvalue weighted by Gasteiger charge is 2.32. The van der Waals surface area contributed by atoms with Gasteiger partial charge in [0.2, 0.25) is 0 Å². The largest absolute Gasteiger partial charge is 0.388 e. The second-order valence-corrected chi connectivity index (χ2v) is 7.25. The second-order valence-electron chi connectivity index (χ2n) is 7.25. The molecule has 0 aliphatic heterocycles. The van der Waals surface area contributed by atoms with E-state index in [1.54, 1.807) is 0 Å². The van der Waals surface area contributed by atoms with E-state index in [-0.39, 0.29) is 18.5 Å². The topological polar surface area (TPSA) is 78.7 Å². The zero-order valence-electron chi connectivity index (χ0n) is 14.9. The van der Waals surface area contributed by atoms with Crippen molar-refractivity contribution in [2.45, 2.75) is 51.0 Å². The zero-order valence-corrected chi connectivity index (χ0v) is 14.9. The van der Waals surface area contributed by atoms with Crippen LogP contribution in [0.1, 0.15) is 44.7 Å². The third kappa shape index (κ3) is 4.72. The predicted octanol–water partition coefficient (Wildman–Crippen LogP) is 2.51. The summed E-state index contributed by atoms with van der Waals surface area (Å²) in [6, 6.07) is 5.63. The number of aromatic nitrogens is 2. The standard InChI is InChI=1S/C19H28N4O2/c1-19(25,15-7-3-2-4-8-15)14-21-18(24)20-11-10-16-13-23-12-6-5-9-17(23)22-16/h5-6,9,12-13,15,25H,2-4,7-8,10-11,14H2,1H3,(H2,20,21,24)/t19-/m0/s1. The fraction of sp³-hybridized carbons (Fsp3) is 0.579. The van der Waals surface area contributed by atoms with Gasteiger partial charge in [0.05, 0.1) is 11.3 Å². The first-order valence-electron chi connectivity index (χ1n) is 9.21. The molecule has 1 aliphatic carbocycles. The highest BCUT2D eigenvalue weighted by Crippen LogP contribution is 2.32. The number of urea groups is 1. The third-order valence-corrected chi connectivity index (χ3v) is 5.17. The van der Waals surface area contributed by atoms with E-state index in [1.165, 1.54) is 19.3 Å². The van der Waals surface area contributed by atoms with Crippen molar-refractivity contribution >= 4 is 11.7 Å². The number of rotatable bonds is 6. The van der Waals surface area contributed by atoms with Crippen molar-refractivity contribution in [3.63, 3.8) is 0 Å². The Morgan fingerprint density at radius 1 is 1.32 bits per heavy atom. The van der Waals surface area contributed by atoms with Gasteiger partial charge in [0.25, 0.3) is 0 Å². The number of fused-ring (bicyclic) bond motifs is 1. The Kier molecular flexibility index (Phi) is 5.58. The molecule has 6 nitrogen and oxygen atoms in total. The number of carbonyl (C=O) groups excluding carboxylic acids is 1. The van der Waals surface area contributed by atoms with E-state index in [1.807, 2.05) is 41.9 Å². The van der Waals surface area contributed by atoms with Crippen LogP contribution in [-0.4, -0.2) is 39.2 Å². The molecule has 2 amide bonds. The van der Waals surface area contributed by atoms with Crippen LogP contribution in [0.5, 0.6) is 0 Å². The molecule has 0 spiro atoms. The lowest BCUT2D eigenvalue weighted by atomic mass is 9.78. The molecule has 2 aromatic rings. The van der Waals surface area contributed by atoms with Crippen molar-refractivity contribution < 1.29 is 9.90 Å². The molecule has 0 saturated heterocycles. The van der Waals surface area contributed by atoms with Crippen LogP contribution in [0, 0.1) is 5.92 Å². The molecule has 0 bridgehead atoms. The second kappa shape index (κ2) is 7.87. The molecule has 2 heterocycles. The Bertz CT molecular complexity index is 671. The Labute approximate surface area is 148 Å². The van der Waals surface area contributed by atoms with Gasteiger partial charge in [-0.05, 0) is 37.8 Å². The van der Waals surface area contributed by atoms with Gasteiger partial charge < -0.3 is 20.1 Å². The average molecular weight is 344 g/mol. The molecule has 1 atom stereocenters. The van der Waals surface area contributed by atoms with E-state index in [0.29, 0.717) is 13.0 Å². The molecule has 3 rings (SSSR count). The first kappa shape index (κ1) is 17.7. The number of nitrogens with zero attached hydrogens (tertiary/aromatic N) is 2. The Morgan fingerprint density at radius 3 is 2.88 bits per heavy atom. The Morgan fingerprint density at radius 2 is 2.12 bits per heavy atom. The van der Waals surface area contributed by atoms with Gasteiger partial charge in [-0.1, -0.05) is 25.3 Å². The van der Waals surface area contributed by atoms with E-state index in [4.69, 9.17) is 0 Å². The van der Waals surface area contributed by atoms with Crippen LogP contribution in [0.25, 0.3) is 5.65 Å². The number of pyridine rings is 1. The molecule has 1 aliphatic rings. The summed E-state index contributed by atoms with van der Waals surface area (Å²) in [6.07, 6.45) is 10.3. The van der Waals surface area contributed by atoms with Crippen LogP contribution in [0.15, 0.2) is 30.6 Å². The normalized spacial score (nSPS) is 18.0. The van der Waals surface area contributed by atoms with E-state index in [9.17, 15) is 9.90 Å². The van der Waals surface area contributed by atoms with E-state index < -0.39 is 5.60 Å². The first-order valence-corrected chi connectivity index (χ1v) is 9.21. The lowest BCUT2D eigenvalue weighted by molar-refractivity contribution is -0.0130. The van der Waals surface area contributed by atoms with Crippen molar-refractivity contribution in [3.05, 3.63) is 36.3 Å². The summed E-state index contributed by atoms with van der Waals surface area (Å²) in [7, 11) is 0. The van der Waals surface area contributed by atoms with Gasteiger partial charge in [-0.15, -0.1) is 0 Å². The van der Waals surface area contributed by atoms with E-state index in [2.05, 4.69) is 15.6 Å². The number of hydrogen-bond donors (Lipinski definition) is 3. The fourth-order valence-corrected chi connectivity index (χ4v) is 3.60. The van der Waals surface area contributed by atoms with Crippen molar-refractivity contribution in [1.82, 2.24) is 20.0 Å². The highest BCUT2D eigenvalue weighted by molar-refractivity contribution is 5.73. The van der Waals surface area contributed by atoms with Crippen LogP contribution in [-0.2, 0) is 6.42 Å². The zero-order chi connectivity index (χ0) is 17.7. The van der Waals surface area contributed by atoms with Crippen LogP contribution >= 0.6 is 0 Å². The summed E-state index contributed by atoms with van der Waals surface area (Å²) >= 11 is 0. The van der Waals surface area contributed by atoms with Gasteiger partial charge in [0.1, 0.15) is 5.65 Å². The van der Waals surface area contributed by atoms with Crippen molar-refractivity contribution in [1.29, 1.82) is 0 Å². The van der Waals surface area contributed by atoms with Crippen LogP contribution in [0.4, 0.5) is 4.79 Å². The summed E-state index contributed by atoms with van der Waals surface area (Å²) in [5, 5.41) is 16.3. The SMILES string of the molecule is C[C@](O)(CNC(=O)NCCc1cn2ccccc2n1)C1CCCCC1. The minimum absolute atomic E-state index is 0.236. The van der Waals surface area contributed by atoms with Gasteiger partial charge in [-0.3, -0.25) is 0 Å². The maximum Gasteiger partial charge on any atom is 0.314 e. The maximum atomic E-state index is 12.0. The quantitative estimate of drug-likeness (QED) is 0.753. The number of carbonyl (C=O) groups is 1. The van der Waals surface area contributed by atoms with Gasteiger partial charge in [-0.25, -0.2) is 9.78 Å². The minimum Gasteiger partial charge on any atom is -0.388 e. The van der Waals surface area contributed by atoms with Gasteiger partial charge in [0.15, 0.2) is 0 Å². The molecule has 25 heavy (non-hydrogen) atoms. The Hall–Kier alpha value is -2.08. The molecule has 6 heteroatoms. The lowest BCUT2D eigenvalue weighted by Gasteiger charge is -2.35. The van der Waals surface area contributed by atoms with Crippen LogP contribution in [0.3, 0.4) is 0 Å². The lowest BCUT2D eigenvalue weighted by Crippen LogP contribution is -2.49. The summed E-state index contributed by atoms with van der Waals surface area (Å²) in [6.45, 7) is 2.64. The van der Waals surface area contributed by atoms with E-state index >= 15 is 0 Å². The van der Waals surface area contributed by atoms with Gasteiger partial charge >= 0.3 is 6.03 Å². The van der Waals surface area contributed by atoms with Crippen molar-refractivity contribution in [2.24, 2.45) is 5.92 Å². The molecule has 0 radical (unpaired) electrons. The average Bonchev–Trinajstić information content (AvgIpc) is 3.03. The molecule has 0 unspecified atom stereocenters. The molecular formula is C19H28N4O2. The monoisotopic (exact) mass is 344 g/mol. The number of nitrogens with one attached hydrogen (secondary N) is 2. The Balaban J connectivity index is 1.40. The third-order valence-electron chi connectivity index (χ3n) is 5.17. The molecule has 0 aromatic carbocycles. The number of amides is 2. The first-order chi connectivity index (χ1) is 12.0. The summed E-state index contributed by atoms with van der Waals surface area (Å²) in [5.74, 6) is 0.277. The fourth-order valence-electron chi connectivity index (χ4n) is 3.60. The predicted molar refractivity (Wildman–Crippen MR) is 97.5 cm³/mol. The highest BCUT2D eigenvalue weighted by atomic mass is 16.3. The summed E-state index contributed by atoms with van der Waals surface area (Å²) < 4.78 is 1.97.